The molecule has 3 aromatic carbocycles. The van der Waals surface area contributed by atoms with E-state index in [0.29, 0.717) is 12.1 Å². The molecule has 156 valence electrons. The maximum atomic E-state index is 8.50. The fraction of sp³-hybridized carbons (Fsp3) is 0.276. The number of rotatable bonds is 3. The zero-order valence-corrected chi connectivity index (χ0v) is 20.6. The van der Waals surface area contributed by atoms with Gasteiger partial charge in [0.1, 0.15) is 0 Å². The fourth-order valence-electron chi connectivity index (χ4n) is 4.59. The molecule has 2 aromatic heterocycles. The molecule has 0 unspecified atom stereocenters. The van der Waals surface area contributed by atoms with Crippen LogP contribution in [0.3, 0.4) is 0 Å². The van der Waals surface area contributed by atoms with E-state index in [-0.39, 0.29) is 19.9 Å². The van der Waals surface area contributed by atoms with Crippen molar-refractivity contribution < 1.29 is 1.37 Å². The Morgan fingerprint density at radius 1 is 0.903 bits per heavy atom. The third kappa shape index (κ3) is 3.63. The molecule has 5 aromatic rings. The molecule has 0 aliphatic rings. The van der Waals surface area contributed by atoms with E-state index < -0.39 is 0 Å². The summed E-state index contributed by atoms with van der Waals surface area (Å²) in [5.41, 5.74) is 4.95. The average Bonchev–Trinajstić information content (AvgIpc) is 3.11. The van der Waals surface area contributed by atoms with Crippen molar-refractivity contribution >= 4 is 44.6 Å². The van der Waals surface area contributed by atoms with Crippen molar-refractivity contribution in [3.05, 3.63) is 78.0 Å². The summed E-state index contributed by atoms with van der Waals surface area (Å²) in [5, 5.41) is 5.07. The Balaban J connectivity index is 1.84. The summed E-state index contributed by atoms with van der Waals surface area (Å²) in [4.78, 5) is 4.80. The monoisotopic (exact) mass is 472 g/mol. The Hall–Kier alpha value is -2.41. The van der Waals surface area contributed by atoms with Gasteiger partial charge in [0.2, 0.25) is 0 Å². The molecule has 1 nitrogen and oxygen atoms in total. The van der Waals surface area contributed by atoms with Gasteiger partial charge in [-0.15, -0.1) is 0 Å². The van der Waals surface area contributed by atoms with Gasteiger partial charge in [-0.05, 0) is 0 Å². The average molecular weight is 472 g/mol. The fourth-order valence-corrected chi connectivity index (χ4v) is 7.35. The van der Waals surface area contributed by atoms with Crippen molar-refractivity contribution in [2.75, 3.05) is 0 Å². The zero-order chi connectivity index (χ0) is 22.6. The molecule has 2 heterocycles. The molecule has 0 radical (unpaired) electrons. The van der Waals surface area contributed by atoms with Gasteiger partial charge >= 0.3 is 193 Å². The first-order valence-corrected chi connectivity index (χ1v) is 12.8. The summed E-state index contributed by atoms with van der Waals surface area (Å²) < 4.78 is 11.3. The SMILES string of the molecule is [2H]c1cc2c([se]c3c(CC(C)C)cccc32)c(-c2cc(C(C)(C)C)c3ccccc3c2)n1. The summed E-state index contributed by atoms with van der Waals surface area (Å²) in [6.07, 6.45) is 1.45. The number of nitrogens with zero attached hydrogens (tertiary/aromatic N) is 1. The Labute approximate surface area is 192 Å². The molecular formula is C29H29NSe. The molecule has 0 spiro atoms. The second kappa shape index (κ2) is 7.62. The number of aromatic nitrogens is 1. The van der Waals surface area contributed by atoms with Crippen LogP contribution >= 0.6 is 0 Å². The van der Waals surface area contributed by atoms with Crippen LogP contribution in [-0.2, 0) is 11.8 Å². The Bertz CT molecular complexity index is 1470. The van der Waals surface area contributed by atoms with Crippen LogP contribution in [0.15, 0.2) is 66.8 Å². The second-order valence-electron chi connectivity index (χ2n) is 9.97. The van der Waals surface area contributed by atoms with E-state index in [1.807, 2.05) is 6.07 Å². The van der Waals surface area contributed by atoms with E-state index in [1.165, 1.54) is 41.2 Å². The van der Waals surface area contributed by atoms with E-state index in [9.17, 15) is 0 Å². The molecule has 31 heavy (non-hydrogen) atoms. The molecule has 0 N–H and O–H groups in total. The summed E-state index contributed by atoms with van der Waals surface area (Å²) in [5.74, 6) is 0.625. The minimum atomic E-state index is 0.0237. The number of pyridine rings is 1. The van der Waals surface area contributed by atoms with Crippen LogP contribution in [-0.4, -0.2) is 19.5 Å². The number of hydrogen-bond acceptors (Lipinski definition) is 1. The van der Waals surface area contributed by atoms with Crippen molar-refractivity contribution in [2.45, 2.75) is 46.5 Å². The Kier molecular flexibility index (Phi) is 4.74. The number of benzene rings is 3. The van der Waals surface area contributed by atoms with Gasteiger partial charge in [-0.25, -0.2) is 0 Å². The topological polar surface area (TPSA) is 12.9 Å². The van der Waals surface area contributed by atoms with Gasteiger partial charge in [0.05, 0.1) is 0 Å². The van der Waals surface area contributed by atoms with Gasteiger partial charge in [0, 0.05) is 0 Å². The van der Waals surface area contributed by atoms with Gasteiger partial charge in [-0.1, -0.05) is 0 Å². The van der Waals surface area contributed by atoms with Crippen LogP contribution in [0.2, 0.25) is 0 Å². The molecule has 5 rings (SSSR count). The first-order valence-electron chi connectivity index (χ1n) is 11.6. The predicted molar refractivity (Wildman–Crippen MR) is 136 cm³/mol. The van der Waals surface area contributed by atoms with Crippen LogP contribution in [0.1, 0.15) is 47.1 Å². The van der Waals surface area contributed by atoms with E-state index in [1.54, 1.807) is 0 Å². The zero-order valence-electron chi connectivity index (χ0n) is 19.9. The first-order chi connectivity index (χ1) is 15.2. The van der Waals surface area contributed by atoms with Gasteiger partial charge in [-0.2, -0.15) is 0 Å². The minimum absolute atomic E-state index is 0.0237. The van der Waals surface area contributed by atoms with Gasteiger partial charge in [0.25, 0.3) is 0 Å². The second-order valence-corrected chi connectivity index (χ2v) is 12.1. The van der Waals surface area contributed by atoms with Crippen LogP contribution in [0.5, 0.6) is 0 Å². The standard InChI is InChI=1S/C29H29NSe/c1-18(2)15-20-10-8-12-23-24-13-14-30-26(28(24)31-27(20)23)21-16-19-9-6-7-11-22(19)25(17-21)29(3,4)5/h6-14,16-18H,15H2,1-5H3/i14D. The van der Waals surface area contributed by atoms with Crippen molar-refractivity contribution in [3.8, 4) is 11.3 Å². The van der Waals surface area contributed by atoms with E-state index in [0.717, 1.165) is 17.7 Å². The van der Waals surface area contributed by atoms with Crippen molar-refractivity contribution in [2.24, 2.45) is 5.92 Å². The molecule has 2 heteroatoms. The predicted octanol–water partition coefficient (Wildman–Crippen LogP) is 7.76. The molecule has 0 bridgehead atoms. The van der Waals surface area contributed by atoms with E-state index in [4.69, 9.17) is 6.35 Å². The third-order valence-electron chi connectivity index (χ3n) is 6.01. The van der Waals surface area contributed by atoms with Crippen molar-refractivity contribution in [3.63, 3.8) is 0 Å². The van der Waals surface area contributed by atoms with Crippen LogP contribution < -0.4 is 0 Å². The molecule has 0 amide bonds. The van der Waals surface area contributed by atoms with Gasteiger partial charge in [-0.3, -0.25) is 0 Å². The van der Waals surface area contributed by atoms with Crippen LogP contribution in [0.4, 0.5) is 0 Å². The Morgan fingerprint density at radius 3 is 2.42 bits per heavy atom. The van der Waals surface area contributed by atoms with Gasteiger partial charge in [0.15, 0.2) is 0 Å². The first kappa shape index (κ1) is 19.3. The van der Waals surface area contributed by atoms with E-state index >= 15 is 0 Å². The third-order valence-corrected chi connectivity index (χ3v) is 8.74. The molecule has 0 fully saturated rings. The molecule has 0 atom stereocenters. The molecule has 0 aliphatic heterocycles. The molecular weight excluding hydrogens is 441 g/mol. The van der Waals surface area contributed by atoms with E-state index in [2.05, 4.69) is 89.2 Å². The van der Waals surface area contributed by atoms with Crippen molar-refractivity contribution in [1.82, 2.24) is 4.98 Å². The van der Waals surface area contributed by atoms with Crippen LogP contribution in [0.25, 0.3) is 41.3 Å². The normalized spacial score (nSPS) is 12.9. The molecule has 0 saturated carbocycles. The van der Waals surface area contributed by atoms with Gasteiger partial charge < -0.3 is 0 Å². The number of hydrogen-bond donors (Lipinski definition) is 0. The van der Waals surface area contributed by atoms with Crippen molar-refractivity contribution in [1.29, 1.82) is 0 Å². The summed E-state index contributed by atoms with van der Waals surface area (Å²) in [6, 6.07) is 21.9. The summed E-state index contributed by atoms with van der Waals surface area (Å²) >= 11 is 0.194. The molecule has 0 aliphatic carbocycles. The summed E-state index contributed by atoms with van der Waals surface area (Å²) in [7, 11) is 0. The number of fused-ring (bicyclic) bond motifs is 4. The summed E-state index contributed by atoms with van der Waals surface area (Å²) in [6.45, 7) is 11.4. The molecule has 0 saturated heterocycles. The quantitative estimate of drug-likeness (QED) is 0.245. The Morgan fingerprint density at radius 2 is 1.65 bits per heavy atom. The maximum absolute atomic E-state index is 8.50. The van der Waals surface area contributed by atoms with Crippen LogP contribution in [0, 0.1) is 5.92 Å².